The first-order valence-corrected chi connectivity index (χ1v) is 6.56. The van der Waals surface area contributed by atoms with E-state index in [0.29, 0.717) is 15.0 Å². The second kappa shape index (κ2) is 6.06. The van der Waals surface area contributed by atoms with Crippen LogP contribution in [0.5, 0.6) is 5.75 Å². The summed E-state index contributed by atoms with van der Waals surface area (Å²) >= 11 is 7.11. The molecule has 0 aliphatic heterocycles. The van der Waals surface area contributed by atoms with Crippen LogP contribution in [0.3, 0.4) is 0 Å². The number of carboxylic acids is 1. The number of aromatic carboxylic acids is 1. The molecule has 0 fully saturated rings. The van der Waals surface area contributed by atoms with Gasteiger partial charge in [-0.1, -0.05) is 11.6 Å². The molecule has 1 N–H and O–H groups in total. The molecule has 1 aromatic carbocycles. The standard InChI is InChI=1S/C13H11ClO4S/c1-17-7-18-9-4-2-8(3-5-9)12-10(13(15)16)6-11(14)19-12/h2-6H,7H2,1H3,(H,15,16). The van der Waals surface area contributed by atoms with Crippen LogP contribution in [-0.2, 0) is 4.74 Å². The molecule has 0 aliphatic rings. The Morgan fingerprint density at radius 1 is 1.37 bits per heavy atom. The summed E-state index contributed by atoms with van der Waals surface area (Å²) in [5.41, 5.74) is 1.000. The Morgan fingerprint density at radius 2 is 2.05 bits per heavy atom. The molecule has 4 nitrogen and oxygen atoms in total. The van der Waals surface area contributed by atoms with Crippen molar-refractivity contribution in [2.24, 2.45) is 0 Å². The van der Waals surface area contributed by atoms with Gasteiger partial charge in [0.1, 0.15) is 5.75 Å². The molecule has 0 unspecified atom stereocenters. The number of rotatable bonds is 5. The summed E-state index contributed by atoms with van der Waals surface area (Å²) in [6.07, 6.45) is 0. The van der Waals surface area contributed by atoms with Crippen molar-refractivity contribution in [2.75, 3.05) is 13.9 Å². The van der Waals surface area contributed by atoms with Gasteiger partial charge in [0.2, 0.25) is 0 Å². The number of carbonyl (C=O) groups is 1. The molecule has 0 saturated heterocycles. The van der Waals surface area contributed by atoms with Crippen molar-refractivity contribution in [3.8, 4) is 16.2 Å². The fourth-order valence-electron chi connectivity index (χ4n) is 1.56. The van der Waals surface area contributed by atoms with E-state index < -0.39 is 5.97 Å². The van der Waals surface area contributed by atoms with Crippen LogP contribution >= 0.6 is 22.9 Å². The monoisotopic (exact) mass is 298 g/mol. The highest BCUT2D eigenvalue weighted by Crippen LogP contribution is 2.36. The Labute approximate surface area is 119 Å². The third-order valence-corrected chi connectivity index (χ3v) is 3.71. The minimum atomic E-state index is -0.988. The molecule has 0 aliphatic carbocycles. The topological polar surface area (TPSA) is 55.8 Å². The summed E-state index contributed by atoms with van der Waals surface area (Å²) in [4.78, 5) is 11.8. The van der Waals surface area contributed by atoms with Crippen LogP contribution in [0.4, 0.5) is 0 Å². The lowest BCUT2D eigenvalue weighted by molar-refractivity contribution is 0.0511. The zero-order valence-electron chi connectivity index (χ0n) is 10.1. The highest BCUT2D eigenvalue weighted by Gasteiger charge is 2.15. The number of thiophene rings is 1. The molecule has 0 spiro atoms. The first-order chi connectivity index (χ1) is 9.11. The molecule has 100 valence electrons. The quantitative estimate of drug-likeness (QED) is 0.854. The molecule has 2 rings (SSSR count). The molecule has 1 aromatic heterocycles. The first-order valence-electron chi connectivity index (χ1n) is 5.36. The van der Waals surface area contributed by atoms with Crippen molar-refractivity contribution < 1.29 is 19.4 Å². The Kier molecular flexibility index (Phi) is 4.42. The Morgan fingerprint density at radius 3 is 2.63 bits per heavy atom. The molecule has 0 radical (unpaired) electrons. The van der Waals surface area contributed by atoms with Gasteiger partial charge in [0.25, 0.3) is 0 Å². The average molecular weight is 299 g/mol. The molecular formula is C13H11ClO4S. The van der Waals surface area contributed by atoms with Gasteiger partial charge in [0.05, 0.1) is 14.8 Å². The summed E-state index contributed by atoms with van der Waals surface area (Å²) in [6, 6.07) is 8.56. The largest absolute Gasteiger partial charge is 0.478 e. The van der Waals surface area contributed by atoms with Crippen LogP contribution in [0.2, 0.25) is 4.34 Å². The number of hydrogen-bond donors (Lipinski definition) is 1. The predicted molar refractivity (Wildman–Crippen MR) is 74.2 cm³/mol. The van der Waals surface area contributed by atoms with E-state index in [9.17, 15) is 4.79 Å². The van der Waals surface area contributed by atoms with Crippen LogP contribution in [0.1, 0.15) is 10.4 Å². The molecule has 2 aromatic rings. The predicted octanol–water partition coefficient (Wildman–Crippen LogP) is 3.75. The van der Waals surface area contributed by atoms with Gasteiger partial charge in [-0.05, 0) is 35.9 Å². The highest BCUT2D eigenvalue weighted by atomic mass is 35.5. The van der Waals surface area contributed by atoms with E-state index in [1.165, 1.54) is 17.4 Å². The Bertz CT molecular complexity index is 577. The van der Waals surface area contributed by atoms with Gasteiger partial charge in [0.15, 0.2) is 6.79 Å². The van der Waals surface area contributed by atoms with Crippen LogP contribution in [0, 0.1) is 0 Å². The maximum Gasteiger partial charge on any atom is 0.337 e. The maximum atomic E-state index is 11.1. The second-order valence-corrected chi connectivity index (χ2v) is 5.36. The average Bonchev–Trinajstić information content (AvgIpc) is 2.79. The van der Waals surface area contributed by atoms with Crippen LogP contribution in [0.25, 0.3) is 10.4 Å². The van der Waals surface area contributed by atoms with Crippen molar-refractivity contribution in [3.05, 3.63) is 40.2 Å². The minimum Gasteiger partial charge on any atom is -0.478 e. The SMILES string of the molecule is COCOc1ccc(-c2sc(Cl)cc2C(=O)O)cc1. The van der Waals surface area contributed by atoms with Gasteiger partial charge in [-0.25, -0.2) is 4.79 Å². The fourth-order valence-corrected chi connectivity index (χ4v) is 2.79. The van der Waals surface area contributed by atoms with Gasteiger partial charge >= 0.3 is 5.97 Å². The van der Waals surface area contributed by atoms with Crippen LogP contribution in [-0.4, -0.2) is 25.0 Å². The van der Waals surface area contributed by atoms with Gasteiger partial charge in [-0.15, -0.1) is 11.3 Å². The number of benzene rings is 1. The van der Waals surface area contributed by atoms with Crippen molar-refractivity contribution in [3.63, 3.8) is 0 Å². The summed E-state index contributed by atoms with van der Waals surface area (Å²) in [6.45, 7) is 0.171. The number of halogens is 1. The molecule has 19 heavy (non-hydrogen) atoms. The lowest BCUT2D eigenvalue weighted by Crippen LogP contribution is -1.98. The number of carboxylic acid groups (broad SMARTS) is 1. The number of ether oxygens (including phenoxy) is 2. The molecule has 1 heterocycles. The summed E-state index contributed by atoms with van der Waals surface area (Å²) in [5, 5.41) is 9.12. The van der Waals surface area contributed by atoms with Gasteiger partial charge < -0.3 is 14.6 Å². The summed E-state index contributed by atoms with van der Waals surface area (Å²) in [5.74, 6) is -0.331. The molecular weight excluding hydrogens is 288 g/mol. The molecule has 0 amide bonds. The summed E-state index contributed by atoms with van der Waals surface area (Å²) in [7, 11) is 1.54. The lowest BCUT2D eigenvalue weighted by atomic mass is 10.1. The lowest BCUT2D eigenvalue weighted by Gasteiger charge is -2.05. The molecule has 0 bridgehead atoms. The van der Waals surface area contributed by atoms with Crippen molar-refractivity contribution in [2.45, 2.75) is 0 Å². The zero-order valence-corrected chi connectivity index (χ0v) is 11.6. The maximum absolute atomic E-state index is 11.1. The van der Waals surface area contributed by atoms with E-state index >= 15 is 0 Å². The molecule has 0 atom stereocenters. The van der Waals surface area contributed by atoms with Crippen molar-refractivity contribution >= 4 is 28.9 Å². The van der Waals surface area contributed by atoms with Crippen molar-refractivity contribution in [1.82, 2.24) is 0 Å². The molecule has 6 heteroatoms. The Balaban J connectivity index is 2.29. The van der Waals surface area contributed by atoms with E-state index in [1.807, 2.05) is 0 Å². The van der Waals surface area contributed by atoms with E-state index in [-0.39, 0.29) is 12.4 Å². The van der Waals surface area contributed by atoms with Crippen LogP contribution in [0.15, 0.2) is 30.3 Å². The van der Waals surface area contributed by atoms with Gasteiger partial charge in [0, 0.05) is 7.11 Å². The fraction of sp³-hybridized carbons (Fsp3) is 0.154. The Hall–Kier alpha value is -1.56. The normalized spacial score (nSPS) is 10.4. The highest BCUT2D eigenvalue weighted by molar-refractivity contribution is 7.19. The van der Waals surface area contributed by atoms with Crippen molar-refractivity contribution in [1.29, 1.82) is 0 Å². The third-order valence-electron chi connectivity index (χ3n) is 2.39. The van der Waals surface area contributed by atoms with Gasteiger partial charge in [-0.2, -0.15) is 0 Å². The third kappa shape index (κ3) is 3.26. The second-order valence-electron chi connectivity index (χ2n) is 3.67. The zero-order chi connectivity index (χ0) is 13.8. The molecule has 0 saturated carbocycles. The first kappa shape index (κ1) is 13.9. The minimum absolute atomic E-state index is 0.171. The number of methoxy groups -OCH3 is 1. The smallest absolute Gasteiger partial charge is 0.337 e. The van der Waals surface area contributed by atoms with Gasteiger partial charge in [-0.3, -0.25) is 0 Å². The number of hydrogen-bond acceptors (Lipinski definition) is 4. The van der Waals surface area contributed by atoms with E-state index in [4.69, 9.17) is 26.2 Å². The van der Waals surface area contributed by atoms with E-state index in [2.05, 4.69) is 0 Å². The van der Waals surface area contributed by atoms with E-state index in [0.717, 1.165) is 5.56 Å². The van der Waals surface area contributed by atoms with E-state index in [1.54, 1.807) is 31.4 Å². The summed E-state index contributed by atoms with van der Waals surface area (Å²) < 4.78 is 10.5. The van der Waals surface area contributed by atoms with Crippen LogP contribution < -0.4 is 4.74 Å².